The van der Waals surface area contributed by atoms with E-state index in [1.165, 1.54) is 22.5 Å². The predicted octanol–water partition coefficient (Wildman–Crippen LogP) is 4.64. The van der Waals surface area contributed by atoms with Crippen molar-refractivity contribution in [2.45, 2.75) is 37.0 Å². The summed E-state index contributed by atoms with van der Waals surface area (Å²) in [6.07, 6.45) is 4.52. The minimum Gasteiger partial charge on any atom is -0.306 e. The minimum absolute atomic E-state index is 0.0160. The number of hydrogen-bond donors (Lipinski definition) is 1. The van der Waals surface area contributed by atoms with Crippen LogP contribution in [0, 0.1) is 0 Å². The lowest BCUT2D eigenvalue weighted by Crippen LogP contribution is -2.35. The Morgan fingerprint density at radius 1 is 0.829 bits per heavy atom. The molecule has 0 bridgehead atoms. The number of fused-ring (bicyclic) bond motifs is 2. The molecule has 5 rings (SSSR count). The van der Waals surface area contributed by atoms with Crippen molar-refractivity contribution in [3.63, 3.8) is 0 Å². The zero-order valence-electron chi connectivity index (χ0n) is 18.9. The fraction of sp³-hybridized carbons (Fsp3) is 0.231. The molecule has 35 heavy (non-hydrogen) atoms. The molecule has 2 heterocycles. The maximum absolute atomic E-state index is 13.9. The average Bonchev–Trinajstić information content (AvgIpc) is 2.95. The Morgan fingerprint density at radius 2 is 1.57 bits per heavy atom. The fourth-order valence-electron chi connectivity index (χ4n) is 4.59. The summed E-state index contributed by atoms with van der Waals surface area (Å²) in [5.41, 5.74) is 0.780. The van der Waals surface area contributed by atoms with Crippen LogP contribution in [0.4, 0.5) is 5.69 Å². The zero-order chi connectivity index (χ0) is 24.6. The summed E-state index contributed by atoms with van der Waals surface area (Å²) in [4.78, 5) is 28.7. The Kier molecular flexibility index (Phi) is 6.25. The van der Waals surface area contributed by atoms with Crippen LogP contribution in [0.15, 0.2) is 81.2 Å². The highest BCUT2D eigenvalue weighted by molar-refractivity contribution is 7.92. The lowest BCUT2D eigenvalue weighted by molar-refractivity contribution is 0.586. The third kappa shape index (κ3) is 4.28. The highest BCUT2D eigenvalue weighted by atomic mass is 35.5. The van der Waals surface area contributed by atoms with E-state index >= 15 is 0 Å². The quantitative estimate of drug-likeness (QED) is 0.435. The van der Waals surface area contributed by atoms with Crippen molar-refractivity contribution < 1.29 is 8.42 Å². The third-order valence-electron chi connectivity index (χ3n) is 6.37. The monoisotopic (exact) mass is 509 g/mol. The van der Waals surface area contributed by atoms with Crippen LogP contribution < -0.4 is 15.6 Å². The molecule has 0 amide bonds. The number of nitrogens with one attached hydrogen (secondary N) is 1. The highest BCUT2D eigenvalue weighted by Gasteiger charge is 2.28. The number of nitrogens with zero attached hydrogens (tertiary/aromatic N) is 2. The van der Waals surface area contributed by atoms with Crippen LogP contribution in [0.2, 0.25) is 5.02 Å². The van der Waals surface area contributed by atoms with E-state index in [1.54, 1.807) is 24.3 Å². The minimum atomic E-state index is -4.00. The molecule has 0 spiro atoms. The van der Waals surface area contributed by atoms with Gasteiger partial charge in [-0.25, -0.2) is 17.8 Å². The van der Waals surface area contributed by atoms with Crippen molar-refractivity contribution in [2.24, 2.45) is 0 Å². The number of aromatic nitrogens is 2. The van der Waals surface area contributed by atoms with Gasteiger partial charge < -0.3 is 4.98 Å². The Labute approximate surface area is 207 Å². The van der Waals surface area contributed by atoms with Crippen molar-refractivity contribution in [3.8, 4) is 5.69 Å². The zero-order valence-corrected chi connectivity index (χ0v) is 20.5. The molecule has 1 aromatic heterocycles. The van der Waals surface area contributed by atoms with E-state index in [2.05, 4.69) is 4.98 Å². The molecule has 0 fully saturated rings. The summed E-state index contributed by atoms with van der Waals surface area (Å²) < 4.78 is 30.2. The van der Waals surface area contributed by atoms with E-state index in [9.17, 15) is 18.0 Å². The van der Waals surface area contributed by atoms with Crippen LogP contribution in [0.25, 0.3) is 16.6 Å². The van der Waals surface area contributed by atoms with E-state index in [0.717, 1.165) is 42.2 Å². The first-order valence-corrected chi connectivity index (χ1v) is 13.3. The summed E-state index contributed by atoms with van der Waals surface area (Å²) in [6, 6.07) is 18.3. The van der Waals surface area contributed by atoms with Gasteiger partial charge in [0.25, 0.3) is 15.6 Å². The Morgan fingerprint density at radius 3 is 2.43 bits per heavy atom. The van der Waals surface area contributed by atoms with Crippen LogP contribution in [0.1, 0.15) is 31.2 Å². The van der Waals surface area contributed by atoms with Gasteiger partial charge in [-0.2, -0.15) is 0 Å². The summed E-state index contributed by atoms with van der Waals surface area (Å²) in [5, 5.41) is 0.391. The maximum Gasteiger partial charge on any atom is 0.333 e. The third-order valence-corrected chi connectivity index (χ3v) is 8.50. The second-order valence-corrected chi connectivity index (χ2v) is 10.9. The summed E-state index contributed by atoms with van der Waals surface area (Å²) >= 11 is 6.39. The van der Waals surface area contributed by atoms with Gasteiger partial charge in [0.1, 0.15) is 0 Å². The maximum atomic E-state index is 13.9. The van der Waals surface area contributed by atoms with Crippen molar-refractivity contribution in [2.75, 3.05) is 10.8 Å². The molecular formula is C26H24ClN3O4S. The van der Waals surface area contributed by atoms with Gasteiger partial charge in [0, 0.05) is 6.54 Å². The number of sulfonamides is 1. The lowest BCUT2D eigenvalue weighted by Gasteiger charge is -2.26. The first kappa shape index (κ1) is 23.4. The first-order valence-electron chi connectivity index (χ1n) is 11.5. The molecule has 0 atom stereocenters. The molecule has 1 aliphatic rings. The number of aryl methyl sites for hydroxylation is 1. The van der Waals surface area contributed by atoms with Gasteiger partial charge in [-0.15, -0.1) is 0 Å². The van der Waals surface area contributed by atoms with Crippen LogP contribution in [0.3, 0.4) is 0 Å². The van der Waals surface area contributed by atoms with Gasteiger partial charge in [0.05, 0.1) is 32.2 Å². The van der Waals surface area contributed by atoms with E-state index in [1.807, 2.05) is 24.3 Å². The van der Waals surface area contributed by atoms with Gasteiger partial charge in [-0.1, -0.05) is 54.8 Å². The van der Waals surface area contributed by atoms with Crippen molar-refractivity contribution in [3.05, 3.63) is 98.2 Å². The standard InChI is InChI=1S/C26H24ClN3O4S/c27-21-15-14-19(17-24(21)30-25(31)20-11-5-6-12-22(20)28-26(30)32)35(33,34)29-16-8-2-1-3-9-18-10-4-7-13-23(18)29/h4-7,10-15,17H,1-3,8-9,16H2,(H,28,32). The lowest BCUT2D eigenvalue weighted by atomic mass is 10.1. The van der Waals surface area contributed by atoms with Gasteiger partial charge in [0.2, 0.25) is 0 Å². The van der Waals surface area contributed by atoms with Gasteiger partial charge in [-0.3, -0.25) is 9.10 Å². The number of benzene rings is 3. The largest absolute Gasteiger partial charge is 0.333 e. The number of anilines is 1. The normalized spacial score (nSPS) is 14.7. The molecule has 0 aliphatic carbocycles. The molecule has 1 aliphatic heterocycles. The molecule has 0 saturated heterocycles. The Hall–Kier alpha value is -3.36. The molecule has 3 aromatic carbocycles. The van der Waals surface area contributed by atoms with Crippen molar-refractivity contribution in [1.82, 2.24) is 9.55 Å². The highest BCUT2D eigenvalue weighted by Crippen LogP contribution is 2.32. The number of para-hydroxylation sites is 2. The Bertz CT molecular complexity index is 1640. The van der Waals surface area contributed by atoms with E-state index in [-0.39, 0.29) is 15.6 Å². The van der Waals surface area contributed by atoms with Crippen LogP contribution in [-0.2, 0) is 16.4 Å². The molecular weight excluding hydrogens is 486 g/mol. The molecule has 180 valence electrons. The number of hydrogen-bond acceptors (Lipinski definition) is 4. The van der Waals surface area contributed by atoms with Gasteiger partial charge in [-0.05, 0) is 61.2 Å². The summed E-state index contributed by atoms with van der Waals surface area (Å²) in [7, 11) is -4.00. The number of rotatable bonds is 3. The van der Waals surface area contributed by atoms with Gasteiger partial charge >= 0.3 is 5.69 Å². The first-order chi connectivity index (χ1) is 16.9. The number of halogens is 1. The van der Waals surface area contributed by atoms with Crippen molar-refractivity contribution >= 4 is 38.2 Å². The second kappa shape index (κ2) is 9.36. The Balaban J connectivity index is 1.67. The molecule has 9 heteroatoms. The molecule has 1 N–H and O–H groups in total. The molecule has 0 radical (unpaired) electrons. The summed E-state index contributed by atoms with van der Waals surface area (Å²) in [5.74, 6) is 0. The van der Waals surface area contributed by atoms with Crippen molar-refractivity contribution in [1.29, 1.82) is 0 Å². The van der Waals surface area contributed by atoms with E-state index in [4.69, 9.17) is 11.6 Å². The van der Waals surface area contributed by atoms with Crippen LogP contribution in [-0.4, -0.2) is 24.5 Å². The van der Waals surface area contributed by atoms with Gasteiger partial charge in [0.15, 0.2) is 0 Å². The average molecular weight is 510 g/mol. The summed E-state index contributed by atoms with van der Waals surface area (Å²) in [6.45, 7) is 0.341. The smallest absolute Gasteiger partial charge is 0.306 e. The molecule has 0 saturated carbocycles. The topological polar surface area (TPSA) is 92.2 Å². The molecule has 0 unspecified atom stereocenters. The van der Waals surface area contributed by atoms with Crippen LogP contribution in [0.5, 0.6) is 0 Å². The van der Waals surface area contributed by atoms with E-state index in [0.29, 0.717) is 23.1 Å². The SMILES string of the molecule is O=c1[nH]c2ccccc2c(=O)n1-c1cc(S(=O)(=O)N2CCCCCCc3ccccc32)ccc1Cl. The predicted molar refractivity (Wildman–Crippen MR) is 138 cm³/mol. The number of H-pyrrole nitrogens is 1. The number of aromatic amines is 1. The van der Waals surface area contributed by atoms with Crippen LogP contribution >= 0.6 is 11.6 Å². The molecule has 7 nitrogen and oxygen atoms in total. The molecule has 4 aromatic rings. The van der Waals surface area contributed by atoms with E-state index < -0.39 is 21.3 Å². The fourth-order valence-corrected chi connectivity index (χ4v) is 6.36. The second-order valence-electron chi connectivity index (χ2n) is 8.60.